The van der Waals surface area contributed by atoms with Crippen molar-refractivity contribution in [3.8, 4) is 11.5 Å². The first kappa shape index (κ1) is 19.0. The van der Waals surface area contributed by atoms with Crippen molar-refractivity contribution in [2.24, 2.45) is 5.84 Å². The minimum absolute atomic E-state index is 0.210. The van der Waals surface area contributed by atoms with Crippen molar-refractivity contribution in [2.75, 3.05) is 27.8 Å². The van der Waals surface area contributed by atoms with Crippen LogP contribution in [0.4, 0.5) is 0 Å². The lowest BCUT2D eigenvalue weighted by atomic mass is 9.65. The monoisotopic (exact) mass is 335 g/mol. The van der Waals surface area contributed by atoms with Crippen LogP contribution in [0.15, 0.2) is 18.2 Å². The van der Waals surface area contributed by atoms with Gasteiger partial charge in [-0.3, -0.25) is 11.3 Å². The van der Waals surface area contributed by atoms with Gasteiger partial charge >= 0.3 is 0 Å². The summed E-state index contributed by atoms with van der Waals surface area (Å²) < 4.78 is 10.9. The largest absolute Gasteiger partial charge is 0.493 e. The Bertz CT molecular complexity index is 537. The van der Waals surface area contributed by atoms with Crippen molar-refractivity contribution in [2.45, 2.75) is 57.0 Å². The van der Waals surface area contributed by atoms with Crippen LogP contribution in [0.2, 0.25) is 0 Å². The average molecular weight is 335 g/mol. The Hall–Kier alpha value is -1.30. The summed E-state index contributed by atoms with van der Waals surface area (Å²) in [6, 6.07) is 7.36. The van der Waals surface area contributed by atoms with Crippen LogP contribution in [0.1, 0.15) is 45.1 Å². The zero-order chi connectivity index (χ0) is 17.7. The number of likely N-dealkylation sites (tertiary alicyclic amines) is 1. The van der Waals surface area contributed by atoms with E-state index in [1.165, 1.54) is 12.0 Å². The molecule has 3 N–H and O–H groups in total. The summed E-state index contributed by atoms with van der Waals surface area (Å²) in [6.45, 7) is 5.14. The highest BCUT2D eigenvalue weighted by Gasteiger charge is 2.50. The molecular formula is C19H33N3O2. The molecule has 1 heterocycles. The molecule has 0 bridgehead atoms. The predicted octanol–water partition coefficient (Wildman–Crippen LogP) is 2.69. The van der Waals surface area contributed by atoms with Crippen LogP contribution >= 0.6 is 0 Å². The fourth-order valence-corrected chi connectivity index (χ4v) is 4.41. The number of methoxy groups -OCH3 is 2. The number of likely N-dealkylation sites (N-methyl/N-ethyl adjacent to an activating group) is 1. The molecule has 1 aromatic rings. The van der Waals surface area contributed by atoms with Crippen molar-refractivity contribution in [1.29, 1.82) is 0 Å². The summed E-state index contributed by atoms with van der Waals surface area (Å²) in [5.41, 5.74) is 4.56. The van der Waals surface area contributed by atoms with Gasteiger partial charge in [-0.1, -0.05) is 19.9 Å². The molecule has 2 unspecified atom stereocenters. The van der Waals surface area contributed by atoms with Crippen molar-refractivity contribution in [3.63, 3.8) is 0 Å². The molecule has 3 rings (SSSR count). The minimum Gasteiger partial charge on any atom is -0.493 e. The Kier molecular flexibility index (Phi) is 6.49. The SMILES string of the molecule is CC.COc1ccc([C@@]23CCC(NN)CC2N(C)CC3)cc1OC. The number of nitrogens with zero attached hydrogens (tertiary/aromatic N) is 1. The van der Waals surface area contributed by atoms with Gasteiger partial charge in [0.15, 0.2) is 11.5 Å². The second-order valence-corrected chi connectivity index (χ2v) is 6.61. The molecule has 24 heavy (non-hydrogen) atoms. The van der Waals surface area contributed by atoms with E-state index >= 15 is 0 Å². The molecule has 1 aliphatic carbocycles. The fourth-order valence-electron chi connectivity index (χ4n) is 4.41. The molecule has 1 aliphatic heterocycles. The van der Waals surface area contributed by atoms with Crippen molar-refractivity contribution in [3.05, 3.63) is 23.8 Å². The number of hydrogen-bond acceptors (Lipinski definition) is 5. The molecule has 1 aromatic carbocycles. The number of nitrogens with two attached hydrogens (primary N) is 1. The third-order valence-electron chi connectivity index (χ3n) is 5.72. The molecule has 1 saturated carbocycles. The summed E-state index contributed by atoms with van der Waals surface area (Å²) in [6.07, 6.45) is 4.57. The van der Waals surface area contributed by atoms with Crippen LogP contribution in [0.3, 0.4) is 0 Å². The van der Waals surface area contributed by atoms with Gasteiger partial charge in [0.2, 0.25) is 0 Å². The molecule has 0 amide bonds. The lowest BCUT2D eigenvalue weighted by Gasteiger charge is -2.44. The van der Waals surface area contributed by atoms with Gasteiger partial charge in [-0.25, -0.2) is 0 Å². The maximum Gasteiger partial charge on any atom is 0.161 e. The molecule has 5 heteroatoms. The number of hydrogen-bond donors (Lipinski definition) is 2. The summed E-state index contributed by atoms with van der Waals surface area (Å²) in [5.74, 6) is 7.31. The standard InChI is InChI=1S/C17H27N3O2.C2H6/c1-20-9-8-17(7-6-13(19-18)11-16(17)20)12-4-5-14(21-2)15(10-12)22-3;1-2/h4-5,10,13,16,19H,6-9,11,18H2,1-3H3;1-2H3/t13?,16?,17-;/m0./s1. The third-order valence-corrected chi connectivity index (χ3v) is 5.72. The van der Waals surface area contributed by atoms with Crippen LogP contribution in [0, 0.1) is 0 Å². The third kappa shape index (κ3) is 3.25. The number of nitrogens with one attached hydrogen (secondary N) is 1. The lowest BCUT2D eigenvalue weighted by molar-refractivity contribution is 0.154. The first-order valence-corrected chi connectivity index (χ1v) is 9.03. The van der Waals surface area contributed by atoms with Crippen LogP contribution in [-0.4, -0.2) is 44.8 Å². The summed E-state index contributed by atoms with van der Waals surface area (Å²) >= 11 is 0. The van der Waals surface area contributed by atoms with Crippen LogP contribution in [0.5, 0.6) is 11.5 Å². The van der Waals surface area contributed by atoms with E-state index in [1.54, 1.807) is 14.2 Å². The Morgan fingerprint density at radius 3 is 2.50 bits per heavy atom. The van der Waals surface area contributed by atoms with Gasteiger partial charge in [-0.2, -0.15) is 0 Å². The molecule has 1 saturated heterocycles. The number of ether oxygens (including phenoxy) is 2. The normalized spacial score (nSPS) is 29.4. The van der Waals surface area contributed by atoms with Crippen molar-refractivity contribution >= 4 is 0 Å². The van der Waals surface area contributed by atoms with E-state index in [4.69, 9.17) is 15.3 Å². The van der Waals surface area contributed by atoms with Gasteiger partial charge in [-0.15, -0.1) is 0 Å². The molecule has 2 aliphatic rings. The van der Waals surface area contributed by atoms with E-state index in [-0.39, 0.29) is 5.41 Å². The number of fused-ring (bicyclic) bond motifs is 1. The molecule has 136 valence electrons. The highest BCUT2D eigenvalue weighted by molar-refractivity contribution is 5.46. The Labute approximate surface area is 146 Å². The lowest BCUT2D eigenvalue weighted by Crippen LogP contribution is -2.52. The maximum absolute atomic E-state index is 5.69. The minimum atomic E-state index is 0.210. The smallest absolute Gasteiger partial charge is 0.161 e. The molecule has 0 spiro atoms. The first-order chi connectivity index (χ1) is 11.6. The average Bonchev–Trinajstić information content (AvgIpc) is 3.00. The highest BCUT2D eigenvalue weighted by atomic mass is 16.5. The van der Waals surface area contributed by atoms with E-state index in [2.05, 4.69) is 29.5 Å². The van der Waals surface area contributed by atoms with Gasteiger partial charge in [0, 0.05) is 17.5 Å². The predicted molar refractivity (Wildman–Crippen MR) is 98.6 cm³/mol. The first-order valence-electron chi connectivity index (χ1n) is 9.03. The quantitative estimate of drug-likeness (QED) is 0.654. The zero-order valence-electron chi connectivity index (χ0n) is 15.8. The van der Waals surface area contributed by atoms with Crippen LogP contribution < -0.4 is 20.7 Å². The summed E-state index contributed by atoms with van der Waals surface area (Å²) in [7, 11) is 5.61. The van der Waals surface area contributed by atoms with E-state index in [0.29, 0.717) is 12.1 Å². The van der Waals surface area contributed by atoms with Crippen LogP contribution in [-0.2, 0) is 5.41 Å². The topological polar surface area (TPSA) is 59.8 Å². The van der Waals surface area contributed by atoms with E-state index in [9.17, 15) is 0 Å². The molecule has 0 radical (unpaired) electrons. The van der Waals surface area contributed by atoms with E-state index < -0.39 is 0 Å². The molecule has 2 fully saturated rings. The second-order valence-electron chi connectivity index (χ2n) is 6.61. The second kappa shape index (κ2) is 8.19. The molecule has 3 atom stereocenters. The summed E-state index contributed by atoms with van der Waals surface area (Å²) in [5, 5.41) is 0. The Morgan fingerprint density at radius 1 is 1.17 bits per heavy atom. The van der Waals surface area contributed by atoms with E-state index in [0.717, 1.165) is 37.3 Å². The fraction of sp³-hybridized carbons (Fsp3) is 0.684. The van der Waals surface area contributed by atoms with Crippen LogP contribution in [0.25, 0.3) is 0 Å². The van der Waals surface area contributed by atoms with Crippen molar-refractivity contribution in [1.82, 2.24) is 10.3 Å². The van der Waals surface area contributed by atoms with Gasteiger partial charge in [-0.05, 0) is 57.0 Å². The highest BCUT2D eigenvalue weighted by Crippen LogP contribution is 2.49. The van der Waals surface area contributed by atoms with Gasteiger partial charge < -0.3 is 14.4 Å². The molecule has 5 nitrogen and oxygen atoms in total. The van der Waals surface area contributed by atoms with Gasteiger partial charge in [0.05, 0.1) is 14.2 Å². The number of rotatable bonds is 4. The molecular weight excluding hydrogens is 302 g/mol. The Balaban J connectivity index is 0.00000100. The van der Waals surface area contributed by atoms with Gasteiger partial charge in [0.25, 0.3) is 0 Å². The maximum atomic E-state index is 5.69. The van der Waals surface area contributed by atoms with E-state index in [1.807, 2.05) is 19.9 Å². The zero-order valence-corrected chi connectivity index (χ0v) is 15.8. The van der Waals surface area contributed by atoms with Crippen molar-refractivity contribution < 1.29 is 9.47 Å². The van der Waals surface area contributed by atoms with Gasteiger partial charge in [0.1, 0.15) is 0 Å². The number of hydrazine groups is 1. The molecule has 0 aromatic heterocycles. The summed E-state index contributed by atoms with van der Waals surface area (Å²) in [4.78, 5) is 2.49. The number of benzene rings is 1. The Morgan fingerprint density at radius 2 is 1.88 bits per heavy atom.